The van der Waals surface area contributed by atoms with E-state index in [-0.39, 0.29) is 19.0 Å². The van der Waals surface area contributed by atoms with Crippen molar-refractivity contribution < 1.29 is 19.7 Å². The summed E-state index contributed by atoms with van der Waals surface area (Å²) in [5.74, 6) is -0.340. The second-order valence-corrected chi connectivity index (χ2v) is 1.96. The number of ether oxygens (including phenoxy) is 1. The number of hydrogen-bond donors (Lipinski definition) is 2. The fraction of sp³-hybridized carbons (Fsp3) is 0.833. The van der Waals surface area contributed by atoms with E-state index in [1.165, 1.54) is 6.92 Å². The first-order valence-electron chi connectivity index (χ1n) is 3.12. The molecule has 0 heterocycles. The predicted octanol–water partition coefficient (Wildman–Crippen LogP) is -0.360. The second kappa shape index (κ2) is 5.20. The normalized spacial score (nSPS) is 10.0. The van der Waals surface area contributed by atoms with Gasteiger partial charge in [0.05, 0.1) is 6.61 Å². The van der Waals surface area contributed by atoms with Gasteiger partial charge in [0.25, 0.3) is 0 Å². The van der Waals surface area contributed by atoms with Crippen LogP contribution in [0.1, 0.15) is 19.8 Å². The van der Waals surface area contributed by atoms with Crippen molar-refractivity contribution in [2.45, 2.75) is 26.1 Å². The number of esters is 1. The van der Waals surface area contributed by atoms with Gasteiger partial charge in [-0.25, -0.2) is 0 Å². The van der Waals surface area contributed by atoms with Crippen LogP contribution in [0, 0.1) is 0 Å². The fourth-order valence-electron chi connectivity index (χ4n) is 0.482. The van der Waals surface area contributed by atoms with E-state index in [4.69, 9.17) is 10.2 Å². The third-order valence-electron chi connectivity index (χ3n) is 0.912. The number of aliphatic hydroxyl groups excluding tert-OH is 1. The highest BCUT2D eigenvalue weighted by molar-refractivity contribution is 5.65. The number of rotatable bonds is 4. The molecule has 0 fully saturated rings. The second-order valence-electron chi connectivity index (χ2n) is 1.96. The summed E-state index contributed by atoms with van der Waals surface area (Å²) in [4.78, 5) is 10.1. The summed E-state index contributed by atoms with van der Waals surface area (Å²) >= 11 is 0. The van der Waals surface area contributed by atoms with Crippen molar-refractivity contribution in [3.05, 3.63) is 0 Å². The maximum atomic E-state index is 10.1. The molecule has 0 amide bonds. The number of hydrogen-bond acceptors (Lipinski definition) is 4. The summed E-state index contributed by atoms with van der Waals surface area (Å²) < 4.78 is 4.53. The molecule has 0 aliphatic rings. The molecule has 10 heavy (non-hydrogen) atoms. The van der Waals surface area contributed by atoms with Gasteiger partial charge in [-0.1, -0.05) is 0 Å². The lowest BCUT2D eigenvalue weighted by molar-refractivity contribution is -0.141. The van der Waals surface area contributed by atoms with Gasteiger partial charge in [0.15, 0.2) is 6.29 Å². The molecular formula is C6H12O4. The molecule has 0 atom stereocenters. The van der Waals surface area contributed by atoms with Crippen LogP contribution < -0.4 is 0 Å². The molecule has 0 bridgehead atoms. The average Bonchev–Trinajstić information content (AvgIpc) is 1.79. The summed E-state index contributed by atoms with van der Waals surface area (Å²) in [6, 6.07) is 0. The molecule has 4 heteroatoms. The van der Waals surface area contributed by atoms with Crippen molar-refractivity contribution in [2.75, 3.05) is 6.61 Å². The van der Waals surface area contributed by atoms with Gasteiger partial charge in [0, 0.05) is 13.3 Å². The lowest BCUT2D eigenvalue weighted by Crippen LogP contribution is -2.07. The highest BCUT2D eigenvalue weighted by Crippen LogP contribution is 1.93. The molecule has 0 saturated carbocycles. The minimum Gasteiger partial charge on any atom is -0.466 e. The van der Waals surface area contributed by atoms with Crippen molar-refractivity contribution in [3.8, 4) is 0 Å². The van der Waals surface area contributed by atoms with Gasteiger partial charge in [0.2, 0.25) is 0 Å². The number of carbonyl (C=O) groups excluding carboxylic acids is 1. The van der Waals surface area contributed by atoms with Crippen LogP contribution in [0.2, 0.25) is 0 Å². The van der Waals surface area contributed by atoms with Crippen LogP contribution in [-0.4, -0.2) is 29.1 Å². The standard InChI is InChI=1S/C6H12O4/c1-5(7)10-4-2-3-6(8)9/h6,8-9H,2-4H2,1H3. The van der Waals surface area contributed by atoms with Crippen molar-refractivity contribution in [3.63, 3.8) is 0 Å². The number of aliphatic hydroxyl groups is 2. The Kier molecular flexibility index (Phi) is 4.88. The average molecular weight is 148 g/mol. The Labute approximate surface area is 59.4 Å². The van der Waals surface area contributed by atoms with Gasteiger partial charge < -0.3 is 14.9 Å². The molecule has 0 unspecified atom stereocenters. The topological polar surface area (TPSA) is 66.8 Å². The molecule has 0 aromatic carbocycles. The summed E-state index contributed by atoms with van der Waals surface area (Å²) in [5.41, 5.74) is 0. The fourth-order valence-corrected chi connectivity index (χ4v) is 0.482. The van der Waals surface area contributed by atoms with Gasteiger partial charge in [-0.05, 0) is 6.42 Å². The Morgan fingerprint density at radius 1 is 1.60 bits per heavy atom. The Morgan fingerprint density at radius 3 is 2.60 bits per heavy atom. The highest BCUT2D eigenvalue weighted by Gasteiger charge is 1.97. The van der Waals surface area contributed by atoms with E-state index in [0.717, 1.165) is 0 Å². The molecule has 0 aliphatic heterocycles. The molecule has 0 aromatic heterocycles. The van der Waals surface area contributed by atoms with Crippen LogP contribution in [0.15, 0.2) is 0 Å². The monoisotopic (exact) mass is 148 g/mol. The molecule has 0 spiro atoms. The Hall–Kier alpha value is -0.610. The van der Waals surface area contributed by atoms with E-state index in [0.29, 0.717) is 6.42 Å². The first kappa shape index (κ1) is 9.39. The van der Waals surface area contributed by atoms with E-state index in [2.05, 4.69) is 4.74 Å². The molecular weight excluding hydrogens is 136 g/mol. The smallest absolute Gasteiger partial charge is 0.302 e. The maximum Gasteiger partial charge on any atom is 0.302 e. The van der Waals surface area contributed by atoms with Gasteiger partial charge in [-0.2, -0.15) is 0 Å². The van der Waals surface area contributed by atoms with Crippen LogP contribution in [0.4, 0.5) is 0 Å². The Balaban J connectivity index is 2.98. The SMILES string of the molecule is CC(=O)OCCCC(O)O. The molecule has 0 radical (unpaired) electrons. The third kappa shape index (κ3) is 7.39. The van der Waals surface area contributed by atoms with Crippen molar-refractivity contribution >= 4 is 5.97 Å². The predicted molar refractivity (Wildman–Crippen MR) is 34.1 cm³/mol. The zero-order valence-corrected chi connectivity index (χ0v) is 5.91. The molecule has 4 nitrogen and oxygen atoms in total. The molecule has 60 valence electrons. The summed E-state index contributed by atoms with van der Waals surface area (Å²) in [6.45, 7) is 1.57. The number of carbonyl (C=O) groups is 1. The lowest BCUT2D eigenvalue weighted by Gasteiger charge is -2.02. The zero-order valence-electron chi connectivity index (χ0n) is 5.91. The summed E-state index contributed by atoms with van der Waals surface area (Å²) in [6.07, 6.45) is -0.569. The van der Waals surface area contributed by atoms with Gasteiger partial charge in [-0.15, -0.1) is 0 Å². The molecule has 0 aromatic rings. The summed E-state index contributed by atoms with van der Waals surface area (Å²) in [7, 11) is 0. The van der Waals surface area contributed by atoms with Crippen LogP contribution in [0.3, 0.4) is 0 Å². The van der Waals surface area contributed by atoms with E-state index < -0.39 is 6.29 Å². The van der Waals surface area contributed by atoms with Crippen molar-refractivity contribution in [1.82, 2.24) is 0 Å². The third-order valence-corrected chi connectivity index (χ3v) is 0.912. The molecule has 2 N–H and O–H groups in total. The quantitative estimate of drug-likeness (QED) is 0.324. The van der Waals surface area contributed by atoms with Crippen LogP contribution >= 0.6 is 0 Å². The van der Waals surface area contributed by atoms with E-state index in [9.17, 15) is 4.79 Å². The molecule has 0 aliphatic carbocycles. The Morgan fingerprint density at radius 2 is 2.20 bits per heavy atom. The van der Waals surface area contributed by atoms with E-state index in [1.807, 2.05) is 0 Å². The lowest BCUT2D eigenvalue weighted by atomic mass is 10.3. The van der Waals surface area contributed by atoms with E-state index >= 15 is 0 Å². The van der Waals surface area contributed by atoms with Crippen LogP contribution in [-0.2, 0) is 9.53 Å². The Bertz CT molecular complexity index is 99.9. The minimum atomic E-state index is -1.30. The van der Waals surface area contributed by atoms with Crippen molar-refractivity contribution in [1.29, 1.82) is 0 Å². The van der Waals surface area contributed by atoms with Crippen molar-refractivity contribution in [2.24, 2.45) is 0 Å². The van der Waals surface area contributed by atoms with Gasteiger partial charge in [-0.3, -0.25) is 4.79 Å². The first-order valence-corrected chi connectivity index (χ1v) is 3.12. The first-order chi connectivity index (χ1) is 4.63. The highest BCUT2D eigenvalue weighted by atomic mass is 16.5. The molecule has 0 rings (SSSR count). The van der Waals surface area contributed by atoms with Crippen LogP contribution in [0.5, 0.6) is 0 Å². The van der Waals surface area contributed by atoms with Gasteiger partial charge >= 0.3 is 5.97 Å². The van der Waals surface area contributed by atoms with Crippen LogP contribution in [0.25, 0.3) is 0 Å². The molecule has 0 saturated heterocycles. The van der Waals surface area contributed by atoms with Gasteiger partial charge in [0.1, 0.15) is 0 Å². The minimum absolute atomic E-state index is 0.243. The maximum absolute atomic E-state index is 10.1. The zero-order chi connectivity index (χ0) is 7.98. The largest absolute Gasteiger partial charge is 0.466 e. The summed E-state index contributed by atoms with van der Waals surface area (Å²) in [5, 5.41) is 16.7. The van der Waals surface area contributed by atoms with E-state index in [1.54, 1.807) is 0 Å².